The first-order valence-electron chi connectivity index (χ1n) is 4.22. The molecule has 0 aliphatic heterocycles. The highest BCUT2D eigenvalue weighted by molar-refractivity contribution is 5.81. The minimum absolute atomic E-state index is 0.350. The quantitative estimate of drug-likeness (QED) is 0.661. The minimum Gasteiger partial charge on any atom is -0.313 e. The molecule has 2 heteroatoms. The predicted molar refractivity (Wildman–Crippen MR) is 45.4 cm³/mol. The van der Waals surface area contributed by atoms with Gasteiger partial charge in [-0.2, -0.15) is 0 Å². The molecule has 1 N–H and O–H groups in total. The van der Waals surface area contributed by atoms with Crippen LogP contribution >= 0.6 is 0 Å². The van der Waals surface area contributed by atoms with Crippen molar-refractivity contribution >= 4 is 5.78 Å². The van der Waals surface area contributed by atoms with Crippen LogP contribution in [-0.4, -0.2) is 19.4 Å². The van der Waals surface area contributed by atoms with E-state index in [0.717, 1.165) is 6.42 Å². The van der Waals surface area contributed by atoms with E-state index < -0.39 is 0 Å². The van der Waals surface area contributed by atoms with Gasteiger partial charge in [0.05, 0.1) is 6.54 Å². The van der Waals surface area contributed by atoms with Gasteiger partial charge in [0, 0.05) is 6.42 Å². The second kappa shape index (κ2) is 2.94. The van der Waals surface area contributed by atoms with E-state index in [1.54, 1.807) is 0 Å². The van der Waals surface area contributed by atoms with Crippen LogP contribution in [0.25, 0.3) is 0 Å². The van der Waals surface area contributed by atoms with Crippen molar-refractivity contribution in [3.63, 3.8) is 0 Å². The SMILES string of the molecule is CNCC(=O)CC1CC1(C)C. The minimum atomic E-state index is 0.350. The van der Waals surface area contributed by atoms with E-state index in [9.17, 15) is 4.79 Å². The molecule has 0 amide bonds. The highest BCUT2D eigenvalue weighted by Crippen LogP contribution is 2.53. The van der Waals surface area contributed by atoms with Gasteiger partial charge in [-0.15, -0.1) is 0 Å². The standard InChI is InChI=1S/C9H17NO/c1-9(2)5-7(9)4-8(11)6-10-3/h7,10H,4-6H2,1-3H3. The molecule has 0 aromatic rings. The Bertz CT molecular complexity index is 163. The first-order chi connectivity index (χ1) is 5.06. The molecule has 0 heterocycles. The smallest absolute Gasteiger partial charge is 0.146 e. The third kappa shape index (κ3) is 2.29. The summed E-state index contributed by atoms with van der Waals surface area (Å²) in [5.74, 6) is 1.01. The molecule has 64 valence electrons. The summed E-state index contributed by atoms with van der Waals surface area (Å²) < 4.78 is 0. The maximum Gasteiger partial charge on any atom is 0.146 e. The second-order valence-electron chi connectivity index (χ2n) is 4.16. The van der Waals surface area contributed by atoms with Gasteiger partial charge in [-0.05, 0) is 24.8 Å². The summed E-state index contributed by atoms with van der Waals surface area (Å²) in [6.07, 6.45) is 2.00. The fraction of sp³-hybridized carbons (Fsp3) is 0.889. The van der Waals surface area contributed by atoms with Gasteiger partial charge < -0.3 is 5.32 Å². The molecule has 1 atom stereocenters. The van der Waals surface area contributed by atoms with E-state index in [4.69, 9.17) is 0 Å². The Morgan fingerprint density at radius 2 is 2.18 bits per heavy atom. The Kier molecular flexibility index (Phi) is 2.33. The lowest BCUT2D eigenvalue weighted by molar-refractivity contribution is -0.118. The largest absolute Gasteiger partial charge is 0.313 e. The zero-order valence-corrected chi connectivity index (χ0v) is 7.61. The second-order valence-corrected chi connectivity index (χ2v) is 4.16. The number of likely N-dealkylation sites (N-methyl/N-ethyl adjacent to an activating group) is 1. The Morgan fingerprint density at radius 1 is 1.64 bits per heavy atom. The van der Waals surface area contributed by atoms with E-state index in [2.05, 4.69) is 19.2 Å². The summed E-state index contributed by atoms with van der Waals surface area (Å²) in [5, 5.41) is 2.88. The molecule has 1 saturated carbocycles. The van der Waals surface area contributed by atoms with Crippen LogP contribution in [0.2, 0.25) is 0 Å². The monoisotopic (exact) mass is 155 g/mol. The lowest BCUT2D eigenvalue weighted by Crippen LogP contribution is -2.19. The summed E-state index contributed by atoms with van der Waals surface area (Å²) in [7, 11) is 1.82. The van der Waals surface area contributed by atoms with Crippen molar-refractivity contribution in [2.24, 2.45) is 11.3 Å². The van der Waals surface area contributed by atoms with Gasteiger partial charge in [0.15, 0.2) is 0 Å². The normalized spacial score (nSPS) is 26.6. The lowest BCUT2D eigenvalue weighted by Gasteiger charge is -2.01. The summed E-state index contributed by atoms with van der Waals surface area (Å²) in [6, 6.07) is 0. The van der Waals surface area contributed by atoms with Gasteiger partial charge in [-0.1, -0.05) is 13.8 Å². The van der Waals surface area contributed by atoms with Crippen LogP contribution in [0.1, 0.15) is 26.7 Å². The molecule has 0 bridgehead atoms. The van der Waals surface area contributed by atoms with Crippen LogP contribution < -0.4 is 5.32 Å². The van der Waals surface area contributed by atoms with Gasteiger partial charge in [0.25, 0.3) is 0 Å². The van der Waals surface area contributed by atoms with Crippen molar-refractivity contribution in [3.8, 4) is 0 Å². The molecule has 1 aliphatic rings. The van der Waals surface area contributed by atoms with Gasteiger partial charge in [-0.25, -0.2) is 0 Å². The number of Topliss-reactive ketones (excluding diaryl/α,β-unsaturated/α-hetero) is 1. The van der Waals surface area contributed by atoms with E-state index in [1.807, 2.05) is 7.05 Å². The summed E-state index contributed by atoms with van der Waals surface area (Å²) in [4.78, 5) is 11.1. The maximum atomic E-state index is 11.1. The first-order valence-corrected chi connectivity index (χ1v) is 4.22. The van der Waals surface area contributed by atoms with Crippen LogP contribution in [0.3, 0.4) is 0 Å². The topological polar surface area (TPSA) is 29.1 Å². The molecular weight excluding hydrogens is 138 g/mol. The fourth-order valence-corrected chi connectivity index (χ4v) is 1.47. The summed E-state index contributed by atoms with van der Waals surface area (Å²) in [5.41, 5.74) is 0.448. The predicted octanol–water partition coefficient (Wildman–Crippen LogP) is 1.21. The molecule has 0 spiro atoms. The molecule has 0 aromatic heterocycles. The van der Waals surface area contributed by atoms with Crippen molar-refractivity contribution in [2.45, 2.75) is 26.7 Å². The molecule has 0 saturated heterocycles. The number of ketones is 1. The van der Waals surface area contributed by atoms with Crippen LogP contribution in [0.5, 0.6) is 0 Å². The third-order valence-electron chi connectivity index (χ3n) is 2.57. The van der Waals surface area contributed by atoms with Crippen LogP contribution in [-0.2, 0) is 4.79 Å². The summed E-state index contributed by atoms with van der Waals surface area (Å²) in [6.45, 7) is 4.99. The molecule has 0 aromatic carbocycles. The highest BCUT2D eigenvalue weighted by atomic mass is 16.1. The molecule has 1 fully saturated rings. The van der Waals surface area contributed by atoms with Gasteiger partial charge in [-0.3, -0.25) is 4.79 Å². The maximum absolute atomic E-state index is 11.1. The molecule has 1 unspecified atom stereocenters. The highest BCUT2D eigenvalue weighted by Gasteiger charge is 2.45. The Labute approximate surface area is 68.4 Å². The molecule has 1 rings (SSSR count). The molecule has 11 heavy (non-hydrogen) atoms. The Balaban J connectivity index is 2.18. The zero-order chi connectivity index (χ0) is 8.48. The molecular formula is C9H17NO. The average Bonchev–Trinajstić information content (AvgIpc) is 2.39. The number of nitrogens with one attached hydrogen (secondary N) is 1. The van der Waals surface area contributed by atoms with Crippen LogP contribution in [0.4, 0.5) is 0 Å². The lowest BCUT2D eigenvalue weighted by atomic mass is 10.1. The van der Waals surface area contributed by atoms with Crippen molar-refractivity contribution in [3.05, 3.63) is 0 Å². The number of rotatable bonds is 4. The summed E-state index contributed by atoms with van der Waals surface area (Å²) >= 11 is 0. The van der Waals surface area contributed by atoms with Crippen molar-refractivity contribution in [1.82, 2.24) is 5.32 Å². The van der Waals surface area contributed by atoms with Crippen molar-refractivity contribution in [2.75, 3.05) is 13.6 Å². The fourth-order valence-electron chi connectivity index (χ4n) is 1.47. The zero-order valence-electron chi connectivity index (χ0n) is 7.61. The average molecular weight is 155 g/mol. The van der Waals surface area contributed by atoms with Crippen molar-refractivity contribution < 1.29 is 4.79 Å². The number of hydrogen-bond acceptors (Lipinski definition) is 2. The third-order valence-corrected chi connectivity index (χ3v) is 2.57. The van der Waals surface area contributed by atoms with E-state index >= 15 is 0 Å². The number of hydrogen-bond donors (Lipinski definition) is 1. The van der Waals surface area contributed by atoms with Crippen LogP contribution in [0.15, 0.2) is 0 Å². The Hall–Kier alpha value is -0.370. The molecule has 1 aliphatic carbocycles. The van der Waals surface area contributed by atoms with Crippen molar-refractivity contribution in [1.29, 1.82) is 0 Å². The Morgan fingerprint density at radius 3 is 2.55 bits per heavy atom. The number of carbonyl (C=O) groups is 1. The van der Waals surface area contributed by atoms with Gasteiger partial charge >= 0.3 is 0 Å². The van der Waals surface area contributed by atoms with E-state index in [1.165, 1.54) is 6.42 Å². The van der Waals surface area contributed by atoms with E-state index in [-0.39, 0.29) is 0 Å². The van der Waals surface area contributed by atoms with Gasteiger partial charge in [0.2, 0.25) is 0 Å². The number of carbonyl (C=O) groups excluding carboxylic acids is 1. The molecule has 0 radical (unpaired) electrons. The van der Waals surface area contributed by atoms with E-state index in [0.29, 0.717) is 23.7 Å². The molecule has 2 nitrogen and oxygen atoms in total. The first kappa shape index (κ1) is 8.72. The van der Waals surface area contributed by atoms with Crippen LogP contribution in [0, 0.1) is 11.3 Å². The van der Waals surface area contributed by atoms with Gasteiger partial charge in [0.1, 0.15) is 5.78 Å².